The molecule has 3 aromatic carbocycles. The molecule has 0 spiro atoms. The minimum atomic E-state index is -3.76. The lowest BCUT2D eigenvalue weighted by atomic mass is 9.95. The topological polar surface area (TPSA) is 54.5 Å². The van der Waals surface area contributed by atoms with Gasteiger partial charge in [-0.1, -0.05) is 80.6 Å². The summed E-state index contributed by atoms with van der Waals surface area (Å²) in [5.41, 5.74) is 5.11. The van der Waals surface area contributed by atoms with Gasteiger partial charge in [-0.15, -0.1) is 0 Å². The highest BCUT2D eigenvalue weighted by atomic mass is 32.2. The number of carbonyl (C=O) groups is 1. The van der Waals surface area contributed by atoms with Gasteiger partial charge in [-0.25, -0.2) is 8.42 Å². The molecule has 1 aliphatic heterocycles. The van der Waals surface area contributed by atoms with Crippen LogP contribution in [0.25, 0.3) is 12.2 Å². The molecule has 0 radical (unpaired) electrons. The van der Waals surface area contributed by atoms with Crippen molar-refractivity contribution in [2.24, 2.45) is 0 Å². The SMILES string of the molecule is CCc1ccc(C=C2CN(S(=O)(=O)c3ccccc3)CC(=Cc3ccc(CC)cc3)C2=O)cc1. The summed E-state index contributed by atoms with van der Waals surface area (Å²) in [7, 11) is -3.76. The fraction of sp³-hybridized carbons (Fsp3) is 0.207. The van der Waals surface area contributed by atoms with E-state index in [4.69, 9.17) is 0 Å². The van der Waals surface area contributed by atoms with Crippen LogP contribution in [0.3, 0.4) is 0 Å². The number of piperidine rings is 1. The zero-order valence-corrected chi connectivity index (χ0v) is 20.4. The molecule has 0 unspecified atom stereocenters. The Morgan fingerprint density at radius 1 is 0.706 bits per heavy atom. The lowest BCUT2D eigenvalue weighted by molar-refractivity contribution is -0.113. The third-order valence-electron chi connectivity index (χ3n) is 6.12. The van der Waals surface area contributed by atoms with E-state index in [9.17, 15) is 13.2 Å². The maximum absolute atomic E-state index is 13.4. The lowest BCUT2D eigenvalue weighted by Gasteiger charge is -2.29. The van der Waals surface area contributed by atoms with Gasteiger partial charge in [0.1, 0.15) is 0 Å². The van der Waals surface area contributed by atoms with Crippen molar-refractivity contribution in [3.05, 3.63) is 112 Å². The molecule has 0 aliphatic carbocycles. The fourth-order valence-corrected chi connectivity index (χ4v) is 5.44. The van der Waals surface area contributed by atoms with Crippen LogP contribution in [0, 0.1) is 0 Å². The quantitative estimate of drug-likeness (QED) is 0.443. The Hall–Kier alpha value is -3.28. The Balaban J connectivity index is 1.75. The molecule has 4 nitrogen and oxygen atoms in total. The van der Waals surface area contributed by atoms with Crippen molar-refractivity contribution in [3.63, 3.8) is 0 Å². The predicted octanol–water partition coefficient (Wildman–Crippen LogP) is 5.55. The Kier molecular flexibility index (Phi) is 7.25. The summed E-state index contributed by atoms with van der Waals surface area (Å²) in [6.45, 7) is 4.26. The zero-order valence-electron chi connectivity index (χ0n) is 19.6. The van der Waals surface area contributed by atoms with Gasteiger partial charge < -0.3 is 0 Å². The molecule has 0 atom stereocenters. The summed E-state index contributed by atoms with van der Waals surface area (Å²) in [4.78, 5) is 13.7. The number of ketones is 1. The fourth-order valence-electron chi connectivity index (χ4n) is 4.02. The summed E-state index contributed by atoms with van der Waals surface area (Å²) in [5.74, 6) is -0.112. The maximum atomic E-state index is 13.4. The smallest absolute Gasteiger partial charge is 0.243 e. The van der Waals surface area contributed by atoms with Gasteiger partial charge in [0.15, 0.2) is 5.78 Å². The summed E-state index contributed by atoms with van der Waals surface area (Å²) in [6.07, 6.45) is 5.48. The van der Waals surface area contributed by atoms with Crippen LogP contribution in [0.15, 0.2) is 94.9 Å². The highest BCUT2D eigenvalue weighted by molar-refractivity contribution is 7.89. The number of benzene rings is 3. The van der Waals surface area contributed by atoms with E-state index < -0.39 is 10.0 Å². The van der Waals surface area contributed by atoms with Crippen LogP contribution in [-0.4, -0.2) is 31.6 Å². The van der Waals surface area contributed by atoms with Gasteiger partial charge in [0.25, 0.3) is 0 Å². The molecule has 3 aromatic rings. The lowest BCUT2D eigenvalue weighted by Crippen LogP contribution is -2.41. The largest absolute Gasteiger partial charge is 0.289 e. The summed E-state index contributed by atoms with van der Waals surface area (Å²) in [6, 6.07) is 24.4. The molecule has 5 heteroatoms. The maximum Gasteiger partial charge on any atom is 0.243 e. The monoisotopic (exact) mass is 471 g/mol. The average molecular weight is 472 g/mol. The molecule has 0 N–H and O–H groups in total. The first-order chi connectivity index (χ1) is 16.4. The van der Waals surface area contributed by atoms with Gasteiger partial charge in [-0.05, 0) is 59.4 Å². The van der Waals surface area contributed by atoms with Crippen molar-refractivity contribution in [2.45, 2.75) is 31.6 Å². The minimum absolute atomic E-state index is 0.0394. The van der Waals surface area contributed by atoms with Gasteiger partial charge >= 0.3 is 0 Å². The van der Waals surface area contributed by atoms with Gasteiger partial charge in [0.2, 0.25) is 10.0 Å². The van der Waals surface area contributed by atoms with E-state index in [1.54, 1.807) is 30.3 Å². The van der Waals surface area contributed by atoms with Crippen molar-refractivity contribution in [1.82, 2.24) is 4.31 Å². The summed E-state index contributed by atoms with van der Waals surface area (Å²) >= 11 is 0. The van der Waals surface area contributed by atoms with E-state index in [1.165, 1.54) is 15.4 Å². The first kappa shape index (κ1) is 23.9. The second-order valence-corrected chi connectivity index (χ2v) is 10.4. The Bertz CT molecular complexity index is 1250. The van der Waals surface area contributed by atoms with Crippen molar-refractivity contribution in [3.8, 4) is 0 Å². The van der Waals surface area contributed by atoms with Crippen LogP contribution in [0.4, 0.5) is 0 Å². The molecule has 4 rings (SSSR count). The van der Waals surface area contributed by atoms with Gasteiger partial charge in [0.05, 0.1) is 4.90 Å². The Morgan fingerprint density at radius 2 is 1.15 bits per heavy atom. The number of aryl methyl sites for hydroxylation is 2. The molecular formula is C29H29NO3S. The number of hydrogen-bond acceptors (Lipinski definition) is 3. The molecule has 1 heterocycles. The van der Waals surface area contributed by atoms with E-state index in [0.29, 0.717) is 11.1 Å². The second-order valence-electron chi connectivity index (χ2n) is 8.44. The van der Waals surface area contributed by atoms with Gasteiger partial charge in [-0.2, -0.15) is 4.31 Å². The predicted molar refractivity (Wildman–Crippen MR) is 138 cm³/mol. The first-order valence-electron chi connectivity index (χ1n) is 11.6. The Morgan fingerprint density at radius 3 is 1.56 bits per heavy atom. The van der Waals surface area contributed by atoms with Crippen molar-refractivity contribution in [1.29, 1.82) is 0 Å². The second kappa shape index (κ2) is 10.3. The van der Waals surface area contributed by atoms with Crippen LogP contribution in [0.1, 0.15) is 36.1 Å². The number of hydrogen-bond donors (Lipinski definition) is 0. The zero-order chi connectivity index (χ0) is 24.1. The molecule has 1 aliphatic rings. The molecule has 0 bridgehead atoms. The number of rotatable bonds is 6. The highest BCUT2D eigenvalue weighted by Gasteiger charge is 2.34. The molecule has 34 heavy (non-hydrogen) atoms. The van der Waals surface area contributed by atoms with Crippen LogP contribution in [-0.2, 0) is 27.7 Å². The number of nitrogens with zero attached hydrogens (tertiary/aromatic N) is 1. The van der Waals surface area contributed by atoms with E-state index in [0.717, 1.165) is 24.0 Å². The van der Waals surface area contributed by atoms with Crippen molar-refractivity contribution >= 4 is 28.0 Å². The summed E-state index contributed by atoms with van der Waals surface area (Å²) in [5, 5.41) is 0. The first-order valence-corrected chi connectivity index (χ1v) is 13.0. The Labute approximate surface area is 202 Å². The molecule has 174 valence electrons. The number of carbonyl (C=O) groups excluding carboxylic acids is 1. The van der Waals surface area contributed by atoms with Gasteiger partial charge in [-0.3, -0.25) is 4.79 Å². The van der Waals surface area contributed by atoms with E-state index in [2.05, 4.69) is 13.8 Å². The molecule has 1 saturated heterocycles. The molecule has 0 amide bonds. The third kappa shape index (κ3) is 5.27. The van der Waals surface area contributed by atoms with Crippen LogP contribution >= 0.6 is 0 Å². The van der Waals surface area contributed by atoms with Gasteiger partial charge in [0, 0.05) is 24.2 Å². The third-order valence-corrected chi connectivity index (χ3v) is 7.92. The number of sulfonamides is 1. The van der Waals surface area contributed by atoms with E-state index >= 15 is 0 Å². The molecule has 0 aromatic heterocycles. The number of Topliss-reactive ketones (excluding diaryl/α,β-unsaturated/α-hetero) is 1. The van der Waals surface area contributed by atoms with Crippen LogP contribution in [0.2, 0.25) is 0 Å². The molecule has 1 fully saturated rings. The molecule has 0 saturated carbocycles. The normalized spacial score (nSPS) is 17.4. The standard InChI is InChI=1S/C29H29NO3S/c1-3-22-10-14-24(15-11-22)18-26-20-30(34(32,33)28-8-6-5-7-9-28)21-27(29(26)31)19-25-16-12-23(4-2)13-17-25/h5-19H,3-4,20-21H2,1-2H3. The minimum Gasteiger partial charge on any atom is -0.289 e. The van der Waals surface area contributed by atoms with Crippen LogP contribution < -0.4 is 0 Å². The van der Waals surface area contributed by atoms with E-state index in [1.807, 2.05) is 60.7 Å². The van der Waals surface area contributed by atoms with E-state index in [-0.39, 0.29) is 23.8 Å². The highest BCUT2D eigenvalue weighted by Crippen LogP contribution is 2.27. The molecular weight excluding hydrogens is 442 g/mol. The van der Waals surface area contributed by atoms with Crippen molar-refractivity contribution in [2.75, 3.05) is 13.1 Å². The average Bonchev–Trinajstić information content (AvgIpc) is 2.87. The van der Waals surface area contributed by atoms with Crippen LogP contribution in [0.5, 0.6) is 0 Å². The van der Waals surface area contributed by atoms with Crippen molar-refractivity contribution < 1.29 is 13.2 Å². The summed E-state index contributed by atoms with van der Waals surface area (Å²) < 4.78 is 28.2.